The van der Waals surface area contributed by atoms with Gasteiger partial charge < -0.3 is 14.4 Å². The minimum atomic E-state index is -3.43. The maximum absolute atomic E-state index is 14.6. The highest BCUT2D eigenvalue weighted by Crippen LogP contribution is 2.40. The zero-order valence-corrected chi connectivity index (χ0v) is 18.0. The van der Waals surface area contributed by atoms with Crippen molar-refractivity contribution >= 4 is 15.9 Å². The molecule has 1 aliphatic carbocycles. The van der Waals surface area contributed by atoms with Crippen molar-refractivity contribution in [1.82, 2.24) is 9.62 Å². The predicted octanol–water partition coefficient (Wildman–Crippen LogP) is 2.17. The van der Waals surface area contributed by atoms with Crippen molar-refractivity contribution in [2.45, 2.75) is 62.6 Å². The molecule has 1 saturated carbocycles. The van der Waals surface area contributed by atoms with Gasteiger partial charge in [0, 0.05) is 18.2 Å². The van der Waals surface area contributed by atoms with Crippen LogP contribution in [-0.2, 0) is 19.6 Å². The molecule has 2 bridgehead atoms. The molecule has 1 N–H and O–H groups in total. The SMILES string of the molecule is CS(=O)(=O)NC1CCCN2C(=O)COc3c(F)cccc3C3CCC(CC3)OCC12. The number of benzene rings is 1. The first-order chi connectivity index (χ1) is 14.3. The second-order valence-electron chi connectivity index (χ2n) is 8.55. The van der Waals surface area contributed by atoms with Crippen molar-refractivity contribution in [2.24, 2.45) is 0 Å². The van der Waals surface area contributed by atoms with E-state index in [-0.39, 0.29) is 36.9 Å². The van der Waals surface area contributed by atoms with Crippen molar-refractivity contribution < 1.29 is 27.1 Å². The highest BCUT2D eigenvalue weighted by atomic mass is 32.2. The minimum absolute atomic E-state index is 0.0534. The summed E-state index contributed by atoms with van der Waals surface area (Å²) in [6, 6.07) is 4.09. The molecule has 0 radical (unpaired) electrons. The van der Waals surface area contributed by atoms with Gasteiger partial charge in [0.15, 0.2) is 18.2 Å². The molecule has 2 atom stereocenters. The predicted molar refractivity (Wildman–Crippen MR) is 109 cm³/mol. The highest BCUT2D eigenvalue weighted by molar-refractivity contribution is 7.88. The largest absolute Gasteiger partial charge is 0.480 e. The molecule has 1 aromatic rings. The van der Waals surface area contributed by atoms with Crippen molar-refractivity contribution in [3.63, 3.8) is 0 Å². The molecule has 2 unspecified atom stereocenters. The Morgan fingerprint density at radius 2 is 1.93 bits per heavy atom. The Balaban J connectivity index is 1.64. The summed E-state index contributed by atoms with van der Waals surface area (Å²) >= 11 is 0. The van der Waals surface area contributed by atoms with Gasteiger partial charge in [0.1, 0.15) is 0 Å². The van der Waals surface area contributed by atoms with Gasteiger partial charge in [-0.2, -0.15) is 0 Å². The third kappa shape index (κ3) is 4.78. The van der Waals surface area contributed by atoms with Crippen LogP contribution < -0.4 is 9.46 Å². The van der Waals surface area contributed by atoms with Gasteiger partial charge in [0.25, 0.3) is 5.91 Å². The monoisotopic (exact) mass is 440 g/mol. The molecular weight excluding hydrogens is 411 g/mol. The van der Waals surface area contributed by atoms with E-state index in [1.54, 1.807) is 11.0 Å². The van der Waals surface area contributed by atoms with Crippen LogP contribution in [0.4, 0.5) is 4.39 Å². The average Bonchev–Trinajstić information content (AvgIpc) is 2.71. The summed E-state index contributed by atoms with van der Waals surface area (Å²) in [5.41, 5.74) is 0.812. The number of nitrogens with zero attached hydrogens (tertiary/aromatic N) is 1. The van der Waals surface area contributed by atoms with Crippen molar-refractivity contribution in [3.8, 4) is 5.75 Å². The second-order valence-corrected chi connectivity index (χ2v) is 10.3. The zero-order chi connectivity index (χ0) is 21.3. The Labute approximate surface area is 177 Å². The number of fused-ring (bicyclic) bond motifs is 5. The van der Waals surface area contributed by atoms with Gasteiger partial charge in [-0.1, -0.05) is 12.1 Å². The normalized spacial score (nSPS) is 30.3. The summed E-state index contributed by atoms with van der Waals surface area (Å²) in [6.45, 7) is 0.483. The molecule has 1 saturated heterocycles. The van der Waals surface area contributed by atoms with Crippen LogP contribution in [0.2, 0.25) is 0 Å². The zero-order valence-electron chi connectivity index (χ0n) is 17.2. The Kier molecular flexibility index (Phi) is 6.31. The first kappa shape index (κ1) is 21.5. The molecule has 7 nitrogen and oxygen atoms in total. The molecule has 166 valence electrons. The van der Waals surface area contributed by atoms with Gasteiger partial charge in [-0.3, -0.25) is 4.79 Å². The van der Waals surface area contributed by atoms with Crippen molar-refractivity contribution in [2.75, 3.05) is 26.0 Å². The molecule has 4 aliphatic rings. The fraction of sp³-hybridized carbons (Fsp3) is 0.667. The average molecular weight is 441 g/mol. The van der Waals surface area contributed by atoms with Gasteiger partial charge in [-0.25, -0.2) is 17.5 Å². The summed E-state index contributed by atoms with van der Waals surface area (Å²) in [4.78, 5) is 14.6. The number of amides is 1. The summed E-state index contributed by atoms with van der Waals surface area (Å²) in [5.74, 6) is -0.410. The standard InChI is InChI=1S/C21H29FN2O5S/c1-30(26,27)23-18-6-3-11-24-19(18)12-28-15-9-7-14(8-10-15)16-4-2-5-17(22)21(16)29-13-20(24)25/h2,4-5,14-15,18-19,23H,3,6-13H2,1H3. The highest BCUT2D eigenvalue weighted by Gasteiger charge is 2.37. The Morgan fingerprint density at radius 1 is 1.17 bits per heavy atom. The quantitative estimate of drug-likeness (QED) is 0.762. The fourth-order valence-corrected chi connectivity index (χ4v) is 5.80. The van der Waals surface area contributed by atoms with Gasteiger partial charge in [-0.05, 0) is 50.5 Å². The van der Waals surface area contributed by atoms with Gasteiger partial charge in [0.05, 0.1) is 25.0 Å². The van der Waals surface area contributed by atoms with Crippen molar-refractivity contribution in [1.29, 1.82) is 0 Å². The van der Waals surface area contributed by atoms with E-state index < -0.39 is 27.9 Å². The topological polar surface area (TPSA) is 84.9 Å². The Bertz CT molecular complexity index is 885. The molecule has 9 heteroatoms. The van der Waals surface area contributed by atoms with E-state index in [0.717, 1.165) is 37.5 Å². The number of rotatable bonds is 2. The Hall–Kier alpha value is -1.71. The van der Waals surface area contributed by atoms with Crippen LogP contribution in [0.25, 0.3) is 0 Å². The van der Waals surface area contributed by atoms with Gasteiger partial charge in [0.2, 0.25) is 10.0 Å². The molecule has 0 spiro atoms. The third-order valence-electron chi connectivity index (χ3n) is 6.42. The van der Waals surface area contributed by atoms with Crippen LogP contribution in [0.15, 0.2) is 18.2 Å². The Morgan fingerprint density at radius 3 is 2.67 bits per heavy atom. The van der Waals surface area contributed by atoms with Crippen LogP contribution in [-0.4, -0.2) is 63.4 Å². The van der Waals surface area contributed by atoms with Crippen molar-refractivity contribution in [3.05, 3.63) is 29.6 Å². The molecule has 0 aromatic heterocycles. The number of ether oxygens (including phenoxy) is 2. The van der Waals surface area contributed by atoms with E-state index >= 15 is 0 Å². The second kappa shape index (κ2) is 8.80. The number of nitrogens with one attached hydrogen (secondary N) is 1. The number of hydrogen-bond acceptors (Lipinski definition) is 5. The summed E-state index contributed by atoms with van der Waals surface area (Å²) in [7, 11) is -3.43. The van der Waals surface area contributed by atoms with Gasteiger partial charge >= 0.3 is 0 Å². The number of para-hydroxylation sites is 1. The van der Waals surface area contributed by atoms with E-state index in [1.165, 1.54) is 6.07 Å². The van der Waals surface area contributed by atoms with E-state index in [2.05, 4.69) is 4.72 Å². The molecule has 3 aliphatic heterocycles. The van der Waals surface area contributed by atoms with E-state index in [0.29, 0.717) is 19.4 Å². The number of piperidine rings is 1. The minimum Gasteiger partial charge on any atom is -0.480 e. The lowest BCUT2D eigenvalue weighted by molar-refractivity contribution is -0.140. The maximum atomic E-state index is 14.6. The number of sulfonamides is 1. The summed E-state index contributed by atoms with van der Waals surface area (Å²) in [6.07, 6.45) is 5.88. The van der Waals surface area contributed by atoms with Gasteiger partial charge in [-0.15, -0.1) is 0 Å². The summed E-state index contributed by atoms with van der Waals surface area (Å²) < 4.78 is 52.9. The van der Waals surface area contributed by atoms with Crippen LogP contribution in [0.1, 0.15) is 50.0 Å². The van der Waals surface area contributed by atoms with E-state index in [1.807, 2.05) is 6.07 Å². The lowest BCUT2D eigenvalue weighted by Gasteiger charge is -2.41. The molecule has 5 rings (SSSR count). The molecule has 1 aromatic carbocycles. The lowest BCUT2D eigenvalue weighted by Crippen LogP contribution is -2.59. The van der Waals surface area contributed by atoms with E-state index in [4.69, 9.17) is 9.47 Å². The van der Waals surface area contributed by atoms with Crippen LogP contribution in [0.5, 0.6) is 5.75 Å². The number of hydrogen-bond donors (Lipinski definition) is 1. The van der Waals surface area contributed by atoms with Crippen LogP contribution >= 0.6 is 0 Å². The van der Waals surface area contributed by atoms with Crippen LogP contribution in [0, 0.1) is 5.82 Å². The number of carbonyl (C=O) groups is 1. The molecule has 2 fully saturated rings. The molecule has 3 heterocycles. The lowest BCUT2D eigenvalue weighted by atomic mass is 9.82. The number of halogens is 1. The smallest absolute Gasteiger partial charge is 0.260 e. The molecule has 30 heavy (non-hydrogen) atoms. The van der Waals surface area contributed by atoms with E-state index in [9.17, 15) is 17.6 Å². The maximum Gasteiger partial charge on any atom is 0.260 e. The number of carbonyl (C=O) groups excluding carboxylic acids is 1. The molecular formula is C21H29FN2O5S. The molecule has 1 amide bonds. The van der Waals surface area contributed by atoms with Crippen LogP contribution in [0.3, 0.4) is 0 Å². The first-order valence-corrected chi connectivity index (χ1v) is 12.5. The third-order valence-corrected chi connectivity index (χ3v) is 7.15. The first-order valence-electron chi connectivity index (χ1n) is 10.6. The summed E-state index contributed by atoms with van der Waals surface area (Å²) in [5, 5.41) is 0. The fourth-order valence-electron chi connectivity index (χ4n) is 4.98.